The number of aromatic nitrogens is 4. The molecule has 0 spiro atoms. The van der Waals surface area contributed by atoms with Gasteiger partial charge in [-0.2, -0.15) is 0 Å². The molecule has 40 heavy (non-hydrogen) atoms. The zero-order valence-electron chi connectivity index (χ0n) is 23.0. The Hall–Kier alpha value is -3.34. The van der Waals surface area contributed by atoms with Gasteiger partial charge < -0.3 is 10.2 Å². The third-order valence-electron chi connectivity index (χ3n) is 7.04. The quantitative estimate of drug-likeness (QED) is 0.284. The number of fused-ring (bicyclic) bond motifs is 1. The summed E-state index contributed by atoms with van der Waals surface area (Å²) in [4.78, 5) is 21.9. The molecule has 1 aliphatic heterocycles. The highest BCUT2D eigenvalue weighted by Gasteiger charge is 2.25. The van der Waals surface area contributed by atoms with Crippen LogP contribution in [-0.4, -0.2) is 62.5 Å². The number of nitrogens with one attached hydrogen (secondary N) is 1. The Morgan fingerprint density at radius 1 is 0.925 bits per heavy atom. The normalized spacial score (nSPS) is 14.8. The third kappa shape index (κ3) is 6.51. The lowest BCUT2D eigenvalue weighted by molar-refractivity contribution is 0.132. The van der Waals surface area contributed by atoms with E-state index in [1.54, 1.807) is 19.2 Å². The van der Waals surface area contributed by atoms with Gasteiger partial charge in [-0.1, -0.05) is 13.0 Å². The molecule has 11 heteroatoms. The first-order chi connectivity index (χ1) is 18.6. The Bertz CT molecular complexity index is 1480. The van der Waals surface area contributed by atoms with Crippen molar-refractivity contribution in [3.05, 3.63) is 71.2 Å². The molecule has 7 nitrogen and oxygen atoms in total. The number of hydrogen-bond donors (Lipinski definition) is 1. The van der Waals surface area contributed by atoms with E-state index in [1.807, 2.05) is 12.1 Å². The molecule has 0 radical (unpaired) electrons. The van der Waals surface area contributed by atoms with Crippen LogP contribution in [0.15, 0.2) is 42.7 Å². The zero-order valence-corrected chi connectivity index (χ0v) is 23.8. The first kappa shape index (κ1) is 29.6. The second-order valence-corrected chi connectivity index (χ2v) is 10.4. The zero-order chi connectivity index (χ0) is 27.7. The molecule has 4 aromatic rings. The highest BCUT2D eigenvalue weighted by Crippen LogP contribution is 2.35. The van der Waals surface area contributed by atoms with Crippen molar-refractivity contribution in [2.75, 3.05) is 38.0 Å². The molecule has 3 aromatic heterocycles. The van der Waals surface area contributed by atoms with E-state index in [1.165, 1.54) is 19.9 Å². The van der Waals surface area contributed by atoms with Crippen molar-refractivity contribution in [3.8, 4) is 11.3 Å². The van der Waals surface area contributed by atoms with Crippen molar-refractivity contribution in [2.45, 2.75) is 39.9 Å². The summed E-state index contributed by atoms with van der Waals surface area (Å²) < 4.78 is 45.0. The number of halogens is 4. The SMILES string of the molecule is CCN1CCN(Cc2ccc(Nc3ncc(F)c(-c4cc(F)c5nc(C)cc(C(C)(C)F)c5c4)n3)nc2)CC1.Cl. The minimum atomic E-state index is -1.75. The summed E-state index contributed by atoms with van der Waals surface area (Å²) in [6, 6.07) is 8.06. The van der Waals surface area contributed by atoms with Gasteiger partial charge in [0.2, 0.25) is 5.95 Å². The van der Waals surface area contributed by atoms with Crippen LogP contribution < -0.4 is 5.32 Å². The molecule has 0 atom stereocenters. The lowest BCUT2D eigenvalue weighted by Gasteiger charge is -2.33. The van der Waals surface area contributed by atoms with Crippen molar-refractivity contribution in [1.29, 1.82) is 0 Å². The van der Waals surface area contributed by atoms with Crippen LogP contribution in [0.25, 0.3) is 22.2 Å². The predicted octanol–water partition coefficient (Wildman–Crippen LogP) is 6.18. The maximum absolute atomic E-state index is 15.1. The largest absolute Gasteiger partial charge is 0.309 e. The Labute approximate surface area is 238 Å². The number of anilines is 2. The van der Waals surface area contributed by atoms with E-state index in [-0.39, 0.29) is 46.1 Å². The van der Waals surface area contributed by atoms with E-state index in [4.69, 9.17) is 0 Å². The monoisotopic (exact) mass is 571 g/mol. The van der Waals surface area contributed by atoms with Crippen LogP contribution in [0.5, 0.6) is 0 Å². The van der Waals surface area contributed by atoms with Crippen molar-refractivity contribution >= 4 is 35.1 Å². The van der Waals surface area contributed by atoms with E-state index >= 15 is 8.78 Å². The number of piperazine rings is 1. The minimum absolute atomic E-state index is 0. The number of hydrogen-bond acceptors (Lipinski definition) is 7. The van der Waals surface area contributed by atoms with Gasteiger partial charge in [-0.05, 0) is 62.7 Å². The second-order valence-electron chi connectivity index (χ2n) is 10.4. The predicted molar refractivity (Wildman–Crippen MR) is 154 cm³/mol. The average molecular weight is 572 g/mol. The maximum atomic E-state index is 15.1. The first-order valence-electron chi connectivity index (χ1n) is 13.1. The van der Waals surface area contributed by atoms with Gasteiger partial charge in [0, 0.05) is 55.6 Å². The minimum Gasteiger partial charge on any atom is -0.309 e. The number of rotatable bonds is 7. The molecule has 212 valence electrons. The standard InChI is InChI=1S/C29H32F3N7.ClH/c1-5-38-8-10-39(11-9-38)17-19-6-7-25(33-15-19)36-28-34-16-24(31)26(37-28)20-13-21-22(29(3,4)32)12-18(2)35-27(21)23(30)14-20;/h6-7,12-16H,5,8-11,17H2,1-4H3,(H,33,34,36,37);1H. The van der Waals surface area contributed by atoms with E-state index in [0.717, 1.165) is 57.1 Å². The van der Waals surface area contributed by atoms with Crippen LogP contribution in [-0.2, 0) is 12.2 Å². The summed E-state index contributed by atoms with van der Waals surface area (Å²) >= 11 is 0. The van der Waals surface area contributed by atoms with Crippen LogP contribution >= 0.6 is 12.4 Å². The lowest BCUT2D eigenvalue weighted by Crippen LogP contribution is -2.45. The van der Waals surface area contributed by atoms with Gasteiger partial charge in [0.05, 0.1) is 6.20 Å². The lowest BCUT2D eigenvalue weighted by atomic mass is 9.93. The van der Waals surface area contributed by atoms with E-state index in [0.29, 0.717) is 11.5 Å². The number of nitrogens with zero attached hydrogens (tertiary/aromatic N) is 6. The molecule has 1 fully saturated rings. The molecule has 1 saturated heterocycles. The number of benzene rings is 1. The van der Waals surface area contributed by atoms with Crippen molar-refractivity contribution < 1.29 is 13.2 Å². The molecule has 4 heterocycles. The molecule has 5 rings (SSSR count). The highest BCUT2D eigenvalue weighted by molar-refractivity contribution is 5.88. The second kappa shape index (κ2) is 12.0. The molecule has 0 aliphatic carbocycles. The van der Waals surface area contributed by atoms with Gasteiger partial charge in [0.1, 0.15) is 28.5 Å². The Morgan fingerprint density at radius 2 is 1.65 bits per heavy atom. The fourth-order valence-electron chi connectivity index (χ4n) is 4.90. The van der Waals surface area contributed by atoms with Crippen LogP contribution in [0, 0.1) is 18.6 Å². The third-order valence-corrected chi connectivity index (χ3v) is 7.04. The summed E-state index contributed by atoms with van der Waals surface area (Å²) in [5, 5.41) is 3.26. The van der Waals surface area contributed by atoms with Gasteiger partial charge in [-0.15, -0.1) is 12.4 Å². The van der Waals surface area contributed by atoms with Crippen molar-refractivity contribution in [2.24, 2.45) is 0 Å². The molecular weight excluding hydrogens is 539 g/mol. The fraction of sp³-hybridized carbons (Fsp3) is 0.379. The maximum Gasteiger partial charge on any atom is 0.229 e. The summed E-state index contributed by atoms with van der Waals surface area (Å²) in [7, 11) is 0. The Kier molecular flexibility index (Phi) is 8.92. The Morgan fingerprint density at radius 3 is 2.30 bits per heavy atom. The summed E-state index contributed by atoms with van der Waals surface area (Å²) in [5.41, 5.74) is 0.180. The summed E-state index contributed by atoms with van der Waals surface area (Å²) in [5.74, 6) is -0.807. The van der Waals surface area contributed by atoms with E-state index in [9.17, 15) is 4.39 Å². The average Bonchev–Trinajstić information content (AvgIpc) is 2.90. The number of pyridine rings is 2. The van der Waals surface area contributed by atoms with Gasteiger partial charge in [0.25, 0.3) is 0 Å². The van der Waals surface area contributed by atoms with Crippen LogP contribution in [0.3, 0.4) is 0 Å². The molecule has 1 aromatic carbocycles. The van der Waals surface area contributed by atoms with E-state index in [2.05, 4.69) is 42.0 Å². The molecule has 0 bridgehead atoms. The Balaban J connectivity index is 0.00000370. The molecule has 1 aliphatic rings. The van der Waals surface area contributed by atoms with E-state index < -0.39 is 17.3 Å². The first-order valence-corrected chi connectivity index (χ1v) is 13.1. The van der Waals surface area contributed by atoms with Gasteiger partial charge in [-0.25, -0.2) is 28.1 Å². The van der Waals surface area contributed by atoms with Crippen molar-refractivity contribution in [3.63, 3.8) is 0 Å². The summed E-state index contributed by atoms with van der Waals surface area (Å²) in [6.45, 7) is 12.7. The molecule has 1 N–H and O–H groups in total. The molecule has 0 amide bonds. The van der Waals surface area contributed by atoms with Crippen molar-refractivity contribution in [1.82, 2.24) is 29.7 Å². The molecule has 0 unspecified atom stereocenters. The number of aryl methyl sites for hydroxylation is 1. The van der Waals surface area contributed by atoms with Crippen LogP contribution in [0.2, 0.25) is 0 Å². The van der Waals surface area contributed by atoms with Gasteiger partial charge in [0.15, 0.2) is 5.82 Å². The number of likely N-dealkylation sites (N-methyl/N-ethyl adjacent to an activating group) is 1. The highest BCUT2D eigenvalue weighted by atomic mass is 35.5. The van der Waals surface area contributed by atoms with Gasteiger partial charge in [-0.3, -0.25) is 9.88 Å². The summed E-state index contributed by atoms with van der Waals surface area (Å²) in [6.07, 6.45) is 2.82. The smallest absolute Gasteiger partial charge is 0.229 e. The molecular formula is C29H33ClF3N7. The van der Waals surface area contributed by atoms with Crippen LogP contribution in [0.4, 0.5) is 24.9 Å². The van der Waals surface area contributed by atoms with Crippen LogP contribution in [0.1, 0.15) is 37.6 Å². The molecule has 0 saturated carbocycles. The van der Waals surface area contributed by atoms with Gasteiger partial charge >= 0.3 is 0 Å². The number of alkyl halides is 1. The fourth-order valence-corrected chi connectivity index (χ4v) is 4.90. The topological polar surface area (TPSA) is 70.1 Å².